The lowest BCUT2D eigenvalue weighted by Crippen LogP contribution is -2.18. The number of fused-ring (bicyclic) bond motifs is 4. The zero-order valence-corrected chi connectivity index (χ0v) is 20.9. The summed E-state index contributed by atoms with van der Waals surface area (Å²) in [7, 11) is 0. The molecule has 0 fully saturated rings. The van der Waals surface area contributed by atoms with E-state index in [9.17, 15) is 0 Å². The third-order valence-corrected chi connectivity index (χ3v) is 7.56. The maximum absolute atomic E-state index is 6.39. The molecule has 10 heteroatoms. The Labute approximate surface area is 214 Å². The summed E-state index contributed by atoms with van der Waals surface area (Å²) in [5, 5.41) is 13.4. The fourth-order valence-corrected chi connectivity index (χ4v) is 5.46. The van der Waals surface area contributed by atoms with Gasteiger partial charge in [0, 0.05) is 72.9 Å². The first-order chi connectivity index (χ1) is 18.0. The predicted octanol–water partition coefficient (Wildman–Crippen LogP) is 4.24. The summed E-state index contributed by atoms with van der Waals surface area (Å²) >= 11 is 0. The highest BCUT2D eigenvalue weighted by Gasteiger charge is 2.22. The SMILES string of the molecule is Cc1c(-c2cc3cc(Nc4cc5n(n4)Cc4nccn4CC5)ncc3c(N)n2)cnc2c1NCC[C@H]2C. The number of hydrogen-bond acceptors (Lipinski definition) is 8. The van der Waals surface area contributed by atoms with Crippen LogP contribution in [0.4, 0.5) is 23.1 Å². The Bertz CT molecular complexity index is 1660. The topological polar surface area (TPSA) is 124 Å². The lowest BCUT2D eigenvalue weighted by atomic mass is 9.93. The Kier molecular flexibility index (Phi) is 4.88. The van der Waals surface area contributed by atoms with Gasteiger partial charge in [0.1, 0.15) is 17.5 Å². The summed E-state index contributed by atoms with van der Waals surface area (Å²) in [6.07, 6.45) is 9.55. The molecule has 0 spiro atoms. The molecule has 5 aromatic rings. The number of nitrogen functional groups attached to an aromatic ring is 1. The van der Waals surface area contributed by atoms with Gasteiger partial charge in [0.15, 0.2) is 5.82 Å². The standard InChI is InChI=1S/C27H28N10/c1-15-3-5-30-26-16(2)19(12-32-25(15)26)21-9-17-10-22(31-13-20(17)27(28)33-21)34-23-11-18-4-7-36-8-6-29-24(36)14-37(18)35-23/h6,8-13,15,30H,3-5,7,14H2,1-2H3,(H2,28,33)(H,31,34,35)/t15-/m1/s1. The van der Waals surface area contributed by atoms with E-state index in [1.807, 2.05) is 29.3 Å². The number of rotatable bonds is 3. The monoisotopic (exact) mass is 492 g/mol. The van der Waals surface area contributed by atoms with Crippen LogP contribution in [0.15, 0.2) is 43.0 Å². The van der Waals surface area contributed by atoms with Crippen LogP contribution in [0.1, 0.15) is 42.0 Å². The number of aromatic nitrogens is 7. The average Bonchev–Trinajstić information content (AvgIpc) is 3.46. The normalized spacial score (nSPS) is 16.4. The minimum atomic E-state index is 0.443. The fourth-order valence-electron chi connectivity index (χ4n) is 5.46. The van der Waals surface area contributed by atoms with Gasteiger partial charge in [-0.1, -0.05) is 6.92 Å². The van der Waals surface area contributed by atoms with Crippen molar-refractivity contribution >= 4 is 33.9 Å². The second-order valence-electron chi connectivity index (χ2n) is 9.95. The van der Waals surface area contributed by atoms with Crippen LogP contribution >= 0.6 is 0 Å². The van der Waals surface area contributed by atoms with Gasteiger partial charge in [-0.2, -0.15) is 5.10 Å². The van der Waals surface area contributed by atoms with E-state index in [1.165, 1.54) is 5.69 Å². The Morgan fingerprint density at radius 2 is 2.03 bits per heavy atom. The van der Waals surface area contributed by atoms with Gasteiger partial charge >= 0.3 is 0 Å². The van der Waals surface area contributed by atoms with Gasteiger partial charge in [-0.15, -0.1) is 0 Å². The summed E-state index contributed by atoms with van der Waals surface area (Å²) in [6.45, 7) is 6.86. The summed E-state index contributed by atoms with van der Waals surface area (Å²) in [4.78, 5) is 18.5. The third kappa shape index (κ3) is 3.67. The molecule has 0 aliphatic carbocycles. The van der Waals surface area contributed by atoms with E-state index in [0.717, 1.165) is 76.5 Å². The zero-order valence-electron chi connectivity index (χ0n) is 20.9. The highest BCUT2D eigenvalue weighted by molar-refractivity contribution is 5.95. The van der Waals surface area contributed by atoms with Crippen molar-refractivity contribution in [1.29, 1.82) is 0 Å². The van der Waals surface area contributed by atoms with Crippen LogP contribution < -0.4 is 16.4 Å². The number of nitrogens with two attached hydrogens (primary N) is 1. The van der Waals surface area contributed by atoms with Crippen LogP contribution in [0.3, 0.4) is 0 Å². The lowest BCUT2D eigenvalue weighted by molar-refractivity contribution is 0.641. The maximum atomic E-state index is 6.39. The quantitative estimate of drug-likeness (QED) is 0.342. The highest BCUT2D eigenvalue weighted by Crippen LogP contribution is 2.37. The van der Waals surface area contributed by atoms with E-state index in [-0.39, 0.29) is 0 Å². The average molecular weight is 493 g/mol. The maximum Gasteiger partial charge on any atom is 0.153 e. The number of hydrogen-bond donors (Lipinski definition) is 3. The summed E-state index contributed by atoms with van der Waals surface area (Å²) < 4.78 is 4.19. The van der Waals surface area contributed by atoms with Gasteiger partial charge in [-0.3, -0.25) is 9.67 Å². The van der Waals surface area contributed by atoms with Gasteiger partial charge in [0.05, 0.1) is 23.6 Å². The molecule has 1 atom stereocenters. The van der Waals surface area contributed by atoms with Crippen LogP contribution in [0.5, 0.6) is 0 Å². The van der Waals surface area contributed by atoms with E-state index < -0.39 is 0 Å². The first kappa shape index (κ1) is 21.8. The molecule has 0 unspecified atom stereocenters. The van der Waals surface area contributed by atoms with Gasteiger partial charge in [-0.25, -0.2) is 15.0 Å². The van der Waals surface area contributed by atoms with Crippen molar-refractivity contribution in [3.05, 3.63) is 65.8 Å². The zero-order chi connectivity index (χ0) is 25.1. The fraction of sp³-hybridized carbons (Fsp3) is 0.296. The number of nitrogens with zero attached hydrogens (tertiary/aromatic N) is 7. The second kappa shape index (κ2) is 8.29. The van der Waals surface area contributed by atoms with Crippen molar-refractivity contribution in [3.63, 3.8) is 0 Å². The molecule has 186 valence electrons. The largest absolute Gasteiger partial charge is 0.383 e. The van der Waals surface area contributed by atoms with Crippen LogP contribution in [-0.2, 0) is 19.5 Å². The number of pyridine rings is 3. The predicted molar refractivity (Wildman–Crippen MR) is 144 cm³/mol. The molecule has 4 N–H and O–H groups in total. The number of nitrogens with one attached hydrogen (secondary N) is 2. The molecule has 2 aliphatic heterocycles. The molecule has 0 saturated heterocycles. The van der Waals surface area contributed by atoms with E-state index >= 15 is 0 Å². The third-order valence-electron chi connectivity index (χ3n) is 7.56. The van der Waals surface area contributed by atoms with Gasteiger partial charge in [0.2, 0.25) is 0 Å². The Morgan fingerprint density at radius 1 is 1.11 bits per heavy atom. The Balaban J connectivity index is 1.22. The van der Waals surface area contributed by atoms with Crippen LogP contribution in [-0.4, -0.2) is 40.8 Å². The van der Waals surface area contributed by atoms with Crippen LogP contribution in [0, 0.1) is 6.92 Å². The van der Waals surface area contributed by atoms with E-state index in [0.29, 0.717) is 24.1 Å². The lowest BCUT2D eigenvalue weighted by Gasteiger charge is -2.25. The van der Waals surface area contributed by atoms with Crippen molar-refractivity contribution in [3.8, 4) is 11.3 Å². The molecule has 0 bridgehead atoms. The van der Waals surface area contributed by atoms with Crippen LogP contribution in [0.2, 0.25) is 0 Å². The highest BCUT2D eigenvalue weighted by atomic mass is 15.3. The van der Waals surface area contributed by atoms with Crippen LogP contribution in [0.25, 0.3) is 22.0 Å². The number of anilines is 4. The molecule has 7 rings (SSSR count). The Morgan fingerprint density at radius 3 is 2.95 bits per heavy atom. The summed E-state index contributed by atoms with van der Waals surface area (Å²) in [5.41, 5.74) is 12.7. The van der Waals surface area contributed by atoms with Crippen molar-refractivity contribution in [1.82, 2.24) is 34.3 Å². The Hall–Kier alpha value is -4.47. The minimum absolute atomic E-state index is 0.443. The molecule has 7 heterocycles. The van der Waals surface area contributed by atoms with Gasteiger partial charge in [-0.05, 0) is 36.4 Å². The molecule has 0 radical (unpaired) electrons. The van der Waals surface area contributed by atoms with Crippen molar-refractivity contribution < 1.29 is 0 Å². The first-order valence-electron chi connectivity index (χ1n) is 12.7. The molecule has 0 aromatic carbocycles. The molecular weight excluding hydrogens is 464 g/mol. The van der Waals surface area contributed by atoms with Crippen molar-refractivity contribution in [2.24, 2.45) is 0 Å². The molecular formula is C27H28N10. The molecule has 0 saturated carbocycles. The van der Waals surface area contributed by atoms with Crippen molar-refractivity contribution in [2.45, 2.75) is 45.7 Å². The van der Waals surface area contributed by atoms with Crippen molar-refractivity contribution in [2.75, 3.05) is 22.9 Å². The van der Waals surface area contributed by atoms with Gasteiger partial charge in [0.25, 0.3) is 0 Å². The molecule has 37 heavy (non-hydrogen) atoms. The minimum Gasteiger partial charge on any atom is -0.383 e. The molecule has 5 aromatic heterocycles. The number of aryl methyl sites for hydroxylation is 2. The summed E-state index contributed by atoms with van der Waals surface area (Å²) in [6, 6.07) is 6.14. The first-order valence-corrected chi connectivity index (χ1v) is 12.7. The van der Waals surface area contributed by atoms with E-state index in [2.05, 4.69) is 51.1 Å². The van der Waals surface area contributed by atoms with Gasteiger partial charge < -0.3 is 20.9 Å². The number of imidazole rings is 1. The molecule has 0 amide bonds. The molecule has 2 aliphatic rings. The van der Waals surface area contributed by atoms with E-state index in [4.69, 9.17) is 20.8 Å². The smallest absolute Gasteiger partial charge is 0.153 e. The second-order valence-corrected chi connectivity index (χ2v) is 9.95. The van der Waals surface area contributed by atoms with E-state index in [1.54, 1.807) is 6.20 Å². The summed E-state index contributed by atoms with van der Waals surface area (Å²) in [5.74, 6) is 3.38. The molecule has 10 nitrogen and oxygen atoms in total.